The topological polar surface area (TPSA) is 66.4 Å². The molecule has 6 nitrogen and oxygen atoms in total. The first-order chi connectivity index (χ1) is 13.1. The molecule has 142 valence electrons. The number of hydrogen-bond donors (Lipinski definition) is 0. The van der Waals surface area contributed by atoms with Gasteiger partial charge in [-0.1, -0.05) is 0 Å². The van der Waals surface area contributed by atoms with Gasteiger partial charge in [0, 0.05) is 17.7 Å². The van der Waals surface area contributed by atoms with Gasteiger partial charge in [0.15, 0.2) is 28.8 Å². The molecule has 0 N–H and O–H groups in total. The number of methoxy groups -OCH3 is 4. The average molecular weight is 369 g/mol. The maximum absolute atomic E-state index is 12.8. The Balaban J connectivity index is 1.89. The number of nitrogens with zero attached hydrogens (tertiary/aromatic N) is 1. The van der Waals surface area contributed by atoms with E-state index in [-0.39, 0.29) is 12.2 Å². The molecule has 0 aromatic heterocycles. The first-order valence-electron chi connectivity index (χ1n) is 8.65. The Morgan fingerprint density at radius 2 is 1.52 bits per heavy atom. The number of carbonyl (C=O) groups excluding carboxylic acids is 1. The molecule has 1 aliphatic heterocycles. The van der Waals surface area contributed by atoms with E-state index in [0.29, 0.717) is 35.1 Å². The molecule has 1 aliphatic rings. The van der Waals surface area contributed by atoms with Crippen LogP contribution in [-0.4, -0.2) is 46.5 Å². The van der Waals surface area contributed by atoms with Gasteiger partial charge in [-0.2, -0.15) is 0 Å². The van der Waals surface area contributed by atoms with Gasteiger partial charge in [0.2, 0.25) is 0 Å². The summed E-state index contributed by atoms with van der Waals surface area (Å²) in [5.41, 5.74) is 3.37. The highest BCUT2D eigenvalue weighted by Crippen LogP contribution is 2.33. The Bertz CT molecular complexity index is 888. The van der Waals surface area contributed by atoms with E-state index in [0.717, 1.165) is 23.3 Å². The number of hydrogen-bond acceptors (Lipinski definition) is 6. The Morgan fingerprint density at radius 3 is 2.19 bits per heavy atom. The molecule has 0 radical (unpaired) electrons. The van der Waals surface area contributed by atoms with Gasteiger partial charge in [-0.15, -0.1) is 0 Å². The number of rotatable bonds is 7. The zero-order chi connectivity index (χ0) is 19.4. The molecule has 0 saturated heterocycles. The van der Waals surface area contributed by atoms with E-state index in [1.807, 2.05) is 12.1 Å². The van der Waals surface area contributed by atoms with Crippen LogP contribution >= 0.6 is 0 Å². The molecule has 2 aromatic rings. The van der Waals surface area contributed by atoms with Crippen molar-refractivity contribution < 1.29 is 23.7 Å². The van der Waals surface area contributed by atoms with Crippen molar-refractivity contribution in [2.45, 2.75) is 12.8 Å². The highest BCUT2D eigenvalue weighted by atomic mass is 16.5. The molecule has 0 bridgehead atoms. The Labute approximate surface area is 158 Å². The maximum Gasteiger partial charge on any atom is 0.168 e. The van der Waals surface area contributed by atoms with Gasteiger partial charge in [-0.3, -0.25) is 9.79 Å². The molecule has 27 heavy (non-hydrogen) atoms. The van der Waals surface area contributed by atoms with E-state index >= 15 is 0 Å². The van der Waals surface area contributed by atoms with Crippen LogP contribution in [0.5, 0.6) is 23.0 Å². The van der Waals surface area contributed by atoms with E-state index in [1.165, 1.54) is 0 Å². The SMILES string of the molecule is COc1ccc(C(=O)CC2=NCCc3cc(OC)c(OC)cc32)cc1OC. The quantitative estimate of drug-likeness (QED) is 0.701. The fourth-order valence-corrected chi connectivity index (χ4v) is 3.21. The summed E-state index contributed by atoms with van der Waals surface area (Å²) in [6.07, 6.45) is 1.02. The minimum Gasteiger partial charge on any atom is -0.493 e. The third-order valence-electron chi connectivity index (χ3n) is 4.64. The number of ether oxygens (including phenoxy) is 4. The highest BCUT2D eigenvalue weighted by molar-refractivity contribution is 6.17. The van der Waals surface area contributed by atoms with E-state index in [4.69, 9.17) is 18.9 Å². The summed E-state index contributed by atoms with van der Waals surface area (Å²) < 4.78 is 21.3. The normalized spacial score (nSPS) is 12.7. The third-order valence-corrected chi connectivity index (χ3v) is 4.64. The van der Waals surface area contributed by atoms with Crippen molar-refractivity contribution in [2.24, 2.45) is 4.99 Å². The molecule has 0 fully saturated rings. The Morgan fingerprint density at radius 1 is 0.889 bits per heavy atom. The van der Waals surface area contributed by atoms with Gasteiger partial charge in [0.25, 0.3) is 0 Å². The highest BCUT2D eigenvalue weighted by Gasteiger charge is 2.21. The molecule has 2 aromatic carbocycles. The lowest BCUT2D eigenvalue weighted by Gasteiger charge is -2.19. The maximum atomic E-state index is 12.8. The molecule has 3 rings (SSSR count). The summed E-state index contributed by atoms with van der Waals surface area (Å²) in [5.74, 6) is 2.40. The van der Waals surface area contributed by atoms with Crippen molar-refractivity contribution in [3.05, 3.63) is 47.0 Å². The van der Waals surface area contributed by atoms with Gasteiger partial charge < -0.3 is 18.9 Å². The van der Waals surface area contributed by atoms with Crippen LogP contribution in [-0.2, 0) is 6.42 Å². The summed E-state index contributed by atoms with van der Waals surface area (Å²) >= 11 is 0. The summed E-state index contributed by atoms with van der Waals surface area (Å²) in [7, 11) is 6.32. The van der Waals surface area contributed by atoms with E-state index in [9.17, 15) is 4.79 Å². The molecular weight excluding hydrogens is 346 g/mol. The van der Waals surface area contributed by atoms with Gasteiger partial charge in [-0.05, 0) is 42.3 Å². The third kappa shape index (κ3) is 3.74. The van der Waals surface area contributed by atoms with Crippen LogP contribution in [0.3, 0.4) is 0 Å². The van der Waals surface area contributed by atoms with Crippen LogP contribution in [0, 0.1) is 0 Å². The summed E-state index contributed by atoms with van der Waals surface area (Å²) in [5, 5.41) is 0. The van der Waals surface area contributed by atoms with Crippen LogP contribution in [0.1, 0.15) is 27.9 Å². The molecule has 1 heterocycles. The fourth-order valence-electron chi connectivity index (χ4n) is 3.21. The lowest BCUT2D eigenvalue weighted by molar-refractivity contribution is 0.1000. The molecule has 0 unspecified atom stereocenters. The van der Waals surface area contributed by atoms with Gasteiger partial charge >= 0.3 is 0 Å². The van der Waals surface area contributed by atoms with Crippen LogP contribution in [0.15, 0.2) is 35.3 Å². The Hall–Kier alpha value is -3.02. The zero-order valence-corrected chi connectivity index (χ0v) is 16.0. The molecule has 0 amide bonds. The molecule has 0 atom stereocenters. The number of ketones is 1. The van der Waals surface area contributed by atoms with Crippen LogP contribution in [0.4, 0.5) is 0 Å². The lowest BCUT2D eigenvalue weighted by atomic mass is 9.92. The summed E-state index contributed by atoms with van der Waals surface area (Å²) in [6, 6.07) is 9.02. The number of Topliss-reactive ketones (excluding diaryl/α,β-unsaturated/α-hetero) is 1. The second kappa shape index (κ2) is 8.12. The van der Waals surface area contributed by atoms with Crippen LogP contribution < -0.4 is 18.9 Å². The lowest BCUT2D eigenvalue weighted by Crippen LogP contribution is -2.17. The van der Waals surface area contributed by atoms with Crippen molar-refractivity contribution >= 4 is 11.5 Å². The average Bonchev–Trinajstić information content (AvgIpc) is 2.72. The second-order valence-electron chi connectivity index (χ2n) is 6.11. The zero-order valence-electron chi connectivity index (χ0n) is 16.0. The van der Waals surface area contributed by atoms with Crippen molar-refractivity contribution in [3.8, 4) is 23.0 Å². The van der Waals surface area contributed by atoms with Crippen LogP contribution in [0.2, 0.25) is 0 Å². The number of carbonyl (C=O) groups is 1. The van der Waals surface area contributed by atoms with Gasteiger partial charge in [0.1, 0.15) is 0 Å². The monoisotopic (exact) mass is 369 g/mol. The first kappa shape index (κ1) is 18.8. The predicted octanol–water partition coefficient (Wildman–Crippen LogP) is 3.34. The molecule has 0 spiro atoms. The molecule has 0 aliphatic carbocycles. The second-order valence-corrected chi connectivity index (χ2v) is 6.11. The van der Waals surface area contributed by atoms with Crippen molar-refractivity contribution in [1.82, 2.24) is 0 Å². The van der Waals surface area contributed by atoms with Crippen LogP contribution in [0.25, 0.3) is 0 Å². The number of aliphatic imine (C=N–C) groups is 1. The van der Waals surface area contributed by atoms with E-state index < -0.39 is 0 Å². The van der Waals surface area contributed by atoms with Crippen molar-refractivity contribution in [2.75, 3.05) is 35.0 Å². The number of fused-ring (bicyclic) bond motifs is 1. The Kier molecular flexibility index (Phi) is 5.64. The van der Waals surface area contributed by atoms with Gasteiger partial charge in [0.05, 0.1) is 40.6 Å². The van der Waals surface area contributed by atoms with Gasteiger partial charge in [-0.25, -0.2) is 0 Å². The standard InChI is InChI=1S/C21H23NO5/c1-24-18-6-5-14(10-19(18)25-2)17(23)12-16-15-11-21(27-4)20(26-3)9-13(15)7-8-22-16/h5-6,9-11H,7-8,12H2,1-4H3. The minimum absolute atomic E-state index is 0.0302. The van der Waals surface area contributed by atoms with Crippen molar-refractivity contribution in [3.63, 3.8) is 0 Å². The van der Waals surface area contributed by atoms with Crippen molar-refractivity contribution in [1.29, 1.82) is 0 Å². The smallest absolute Gasteiger partial charge is 0.168 e. The predicted molar refractivity (Wildman–Crippen MR) is 103 cm³/mol. The first-order valence-corrected chi connectivity index (χ1v) is 8.65. The summed E-state index contributed by atoms with van der Waals surface area (Å²) in [4.78, 5) is 17.4. The fraction of sp³-hybridized carbons (Fsp3) is 0.333. The number of benzene rings is 2. The molecule has 6 heteroatoms. The minimum atomic E-state index is -0.0302. The largest absolute Gasteiger partial charge is 0.493 e. The molecule has 0 saturated carbocycles. The molecular formula is C21H23NO5. The van der Waals surface area contributed by atoms with E-state index in [1.54, 1.807) is 46.6 Å². The van der Waals surface area contributed by atoms with E-state index in [2.05, 4.69) is 4.99 Å². The summed E-state index contributed by atoms with van der Waals surface area (Å²) in [6.45, 7) is 0.650.